The number of hydrogen-bond donors (Lipinski definition) is 2. The number of ether oxygens (including phenoxy) is 1. The van der Waals surface area contributed by atoms with E-state index in [0.717, 1.165) is 6.42 Å². The topological polar surface area (TPSA) is 107 Å². The predicted octanol–water partition coefficient (Wildman–Crippen LogP) is 3.99. The van der Waals surface area contributed by atoms with E-state index in [4.69, 9.17) is 21.4 Å². The number of allylic oxidation sites excluding steroid dienone is 1. The van der Waals surface area contributed by atoms with E-state index in [1.54, 1.807) is 37.3 Å². The highest BCUT2D eigenvalue weighted by molar-refractivity contribution is 7.80. The third-order valence-electron chi connectivity index (χ3n) is 4.43. The first-order chi connectivity index (χ1) is 14.0. The van der Waals surface area contributed by atoms with Crippen LogP contribution in [0.4, 0.5) is 5.69 Å². The molecule has 0 amide bonds. The number of benzene rings is 1. The van der Waals surface area contributed by atoms with Crippen molar-refractivity contribution in [2.75, 3.05) is 6.61 Å². The Morgan fingerprint density at radius 2 is 2.03 bits per heavy atom. The van der Waals surface area contributed by atoms with Crippen LogP contribution in [-0.4, -0.2) is 22.6 Å². The van der Waals surface area contributed by atoms with Gasteiger partial charge < -0.3 is 19.8 Å². The lowest BCUT2D eigenvalue weighted by Crippen LogP contribution is -2.45. The summed E-state index contributed by atoms with van der Waals surface area (Å²) in [5.41, 5.74) is 1.37. The van der Waals surface area contributed by atoms with Gasteiger partial charge >= 0.3 is 5.97 Å². The number of furan rings is 1. The molecule has 0 radical (unpaired) electrons. The Kier molecular flexibility index (Phi) is 6.28. The molecule has 0 bridgehead atoms. The molecule has 1 aliphatic heterocycles. The highest BCUT2D eigenvalue weighted by Gasteiger charge is 2.34. The van der Waals surface area contributed by atoms with Crippen molar-refractivity contribution >= 4 is 29.0 Å². The minimum Gasteiger partial charge on any atom is -0.463 e. The van der Waals surface area contributed by atoms with E-state index in [2.05, 4.69) is 10.6 Å². The number of esters is 1. The Morgan fingerprint density at radius 1 is 1.28 bits per heavy atom. The van der Waals surface area contributed by atoms with Crippen molar-refractivity contribution in [1.82, 2.24) is 10.6 Å². The first-order valence-corrected chi connectivity index (χ1v) is 9.68. The van der Waals surface area contributed by atoms with Crippen LogP contribution in [0.2, 0.25) is 0 Å². The minimum absolute atomic E-state index is 0.0602. The second-order valence-corrected chi connectivity index (χ2v) is 6.78. The van der Waals surface area contributed by atoms with Crippen molar-refractivity contribution in [2.24, 2.45) is 0 Å². The fourth-order valence-corrected chi connectivity index (χ4v) is 3.46. The van der Waals surface area contributed by atoms with E-state index < -0.39 is 16.9 Å². The van der Waals surface area contributed by atoms with Crippen molar-refractivity contribution in [3.05, 3.63) is 63.5 Å². The predicted molar refractivity (Wildman–Crippen MR) is 111 cm³/mol. The summed E-state index contributed by atoms with van der Waals surface area (Å²) in [5.74, 6) is 0.282. The summed E-state index contributed by atoms with van der Waals surface area (Å²) in [6.07, 6.45) is 1.42. The number of hydrogen-bond acceptors (Lipinski definition) is 6. The van der Waals surface area contributed by atoms with Crippen LogP contribution in [0.3, 0.4) is 0 Å². The molecule has 0 spiro atoms. The number of nitro benzene ring substituents is 1. The van der Waals surface area contributed by atoms with Crippen molar-refractivity contribution < 1.29 is 18.9 Å². The van der Waals surface area contributed by atoms with Crippen molar-refractivity contribution in [2.45, 2.75) is 32.7 Å². The molecule has 9 heteroatoms. The highest BCUT2D eigenvalue weighted by atomic mass is 32.1. The number of rotatable bonds is 7. The van der Waals surface area contributed by atoms with Crippen LogP contribution in [0.25, 0.3) is 11.3 Å². The van der Waals surface area contributed by atoms with Gasteiger partial charge in [-0.2, -0.15) is 0 Å². The quantitative estimate of drug-likeness (QED) is 0.303. The minimum atomic E-state index is -0.652. The number of nitrogens with zero attached hydrogens (tertiary/aromatic N) is 1. The van der Waals surface area contributed by atoms with Gasteiger partial charge in [0, 0.05) is 11.8 Å². The Bertz CT molecular complexity index is 982. The Hall–Kier alpha value is -3.20. The van der Waals surface area contributed by atoms with Gasteiger partial charge in [-0.25, -0.2) is 4.79 Å². The van der Waals surface area contributed by atoms with Gasteiger partial charge in [-0.15, -0.1) is 0 Å². The highest BCUT2D eigenvalue weighted by Crippen LogP contribution is 2.35. The monoisotopic (exact) mass is 415 g/mol. The lowest BCUT2D eigenvalue weighted by molar-refractivity contribution is -0.384. The lowest BCUT2D eigenvalue weighted by Gasteiger charge is -2.29. The maximum Gasteiger partial charge on any atom is 0.338 e. The van der Waals surface area contributed by atoms with Gasteiger partial charge in [-0.1, -0.05) is 25.5 Å². The van der Waals surface area contributed by atoms with Gasteiger partial charge in [0.15, 0.2) is 5.11 Å². The molecule has 2 heterocycles. The molecule has 152 valence electrons. The van der Waals surface area contributed by atoms with Crippen LogP contribution in [0, 0.1) is 10.1 Å². The summed E-state index contributed by atoms with van der Waals surface area (Å²) in [7, 11) is 0. The van der Waals surface area contributed by atoms with Gasteiger partial charge in [0.2, 0.25) is 0 Å². The number of carbonyl (C=O) groups excluding carboxylic acids is 1. The SMILES string of the molecule is CCCC1=C(C(=O)OCC)[C@@H](c2ccc(-c3ccccc3[N+](=O)[O-])o2)NC(=S)N1. The van der Waals surface area contributed by atoms with Crippen molar-refractivity contribution in [3.8, 4) is 11.3 Å². The standard InChI is InChI=1S/C20H21N3O5S/c1-3-7-13-17(19(24)27-4-2)18(22-20(29)21-13)16-11-10-15(28-16)12-8-5-6-9-14(12)23(25)26/h5-6,8-11,18H,3-4,7H2,1-2H3,(H2,21,22,29)/t18-/m1/s1. The third-order valence-corrected chi connectivity index (χ3v) is 4.65. The Balaban J connectivity index is 2.05. The molecule has 0 fully saturated rings. The maximum absolute atomic E-state index is 12.7. The molecule has 8 nitrogen and oxygen atoms in total. The lowest BCUT2D eigenvalue weighted by atomic mass is 9.98. The average molecular weight is 415 g/mol. The van der Waals surface area contributed by atoms with E-state index in [1.807, 2.05) is 6.92 Å². The first kappa shape index (κ1) is 20.5. The summed E-state index contributed by atoms with van der Waals surface area (Å²) in [6.45, 7) is 3.97. The van der Waals surface area contributed by atoms with Gasteiger partial charge in [-0.3, -0.25) is 10.1 Å². The fraction of sp³-hybridized carbons (Fsp3) is 0.300. The van der Waals surface area contributed by atoms with E-state index in [0.29, 0.717) is 39.9 Å². The van der Waals surface area contributed by atoms with Crippen LogP contribution in [0.5, 0.6) is 0 Å². The van der Waals surface area contributed by atoms with Crippen LogP contribution in [0.1, 0.15) is 38.5 Å². The largest absolute Gasteiger partial charge is 0.463 e. The summed E-state index contributed by atoms with van der Waals surface area (Å²) < 4.78 is 11.2. The van der Waals surface area contributed by atoms with Crippen LogP contribution < -0.4 is 10.6 Å². The van der Waals surface area contributed by atoms with Crippen molar-refractivity contribution in [3.63, 3.8) is 0 Å². The van der Waals surface area contributed by atoms with Crippen molar-refractivity contribution in [1.29, 1.82) is 0 Å². The summed E-state index contributed by atoms with van der Waals surface area (Å²) in [5, 5.41) is 17.8. The normalized spacial score (nSPS) is 16.2. The first-order valence-electron chi connectivity index (χ1n) is 9.27. The number of thiocarbonyl (C=S) groups is 1. The molecular formula is C20H21N3O5S. The van der Waals surface area contributed by atoms with E-state index in [-0.39, 0.29) is 12.3 Å². The second kappa shape index (κ2) is 8.87. The molecular weight excluding hydrogens is 394 g/mol. The maximum atomic E-state index is 12.7. The van der Waals surface area contributed by atoms with Gasteiger partial charge in [0.25, 0.3) is 5.69 Å². The molecule has 1 aliphatic rings. The van der Waals surface area contributed by atoms with E-state index in [1.165, 1.54) is 6.07 Å². The number of carbonyl (C=O) groups is 1. The summed E-state index contributed by atoms with van der Waals surface area (Å²) >= 11 is 5.29. The molecule has 0 unspecified atom stereocenters. The molecule has 0 saturated carbocycles. The van der Waals surface area contributed by atoms with Crippen LogP contribution >= 0.6 is 12.2 Å². The summed E-state index contributed by atoms with van der Waals surface area (Å²) in [4.78, 5) is 23.5. The van der Waals surface area contributed by atoms with E-state index >= 15 is 0 Å². The molecule has 2 N–H and O–H groups in total. The zero-order valence-corrected chi connectivity index (χ0v) is 16.9. The van der Waals surface area contributed by atoms with Crippen LogP contribution in [-0.2, 0) is 9.53 Å². The fourth-order valence-electron chi connectivity index (χ4n) is 3.22. The molecule has 0 aliphatic carbocycles. The third kappa shape index (κ3) is 4.29. The Morgan fingerprint density at radius 3 is 2.72 bits per heavy atom. The molecule has 1 aromatic heterocycles. The Labute approximate surface area is 173 Å². The number of nitro groups is 1. The van der Waals surface area contributed by atoms with Gasteiger partial charge in [-0.05, 0) is 43.8 Å². The van der Waals surface area contributed by atoms with Gasteiger partial charge in [0.05, 0.1) is 22.7 Å². The molecule has 1 atom stereocenters. The molecule has 3 rings (SSSR count). The molecule has 2 aromatic rings. The summed E-state index contributed by atoms with van der Waals surface area (Å²) in [6, 6.07) is 9.00. The second-order valence-electron chi connectivity index (χ2n) is 6.37. The zero-order valence-electron chi connectivity index (χ0n) is 16.1. The molecule has 1 aromatic carbocycles. The number of para-hydroxylation sites is 1. The van der Waals surface area contributed by atoms with Crippen LogP contribution in [0.15, 0.2) is 52.1 Å². The molecule has 0 saturated heterocycles. The van der Waals surface area contributed by atoms with E-state index in [9.17, 15) is 14.9 Å². The zero-order chi connectivity index (χ0) is 21.0. The van der Waals surface area contributed by atoms with Gasteiger partial charge in [0.1, 0.15) is 17.6 Å². The number of nitrogens with one attached hydrogen (secondary N) is 2. The molecule has 29 heavy (non-hydrogen) atoms. The average Bonchev–Trinajstić information content (AvgIpc) is 3.18. The smallest absolute Gasteiger partial charge is 0.338 e.